The van der Waals surface area contributed by atoms with Gasteiger partial charge < -0.3 is 14.7 Å². The highest BCUT2D eigenvalue weighted by Crippen LogP contribution is 2.37. The van der Waals surface area contributed by atoms with Gasteiger partial charge in [0.2, 0.25) is 0 Å². The fraction of sp³-hybridized carbons (Fsp3) is 0.636. The second-order valence-electron chi connectivity index (χ2n) is 8.51. The van der Waals surface area contributed by atoms with E-state index in [4.69, 9.17) is 4.74 Å². The molecule has 1 heterocycles. The lowest BCUT2D eigenvalue weighted by molar-refractivity contribution is 0.0518. The van der Waals surface area contributed by atoms with Gasteiger partial charge in [0.15, 0.2) is 0 Å². The highest BCUT2D eigenvalue weighted by atomic mass is 16.6. The molecule has 0 spiro atoms. The lowest BCUT2D eigenvalue weighted by Gasteiger charge is -2.41. The Bertz CT molecular complexity index is 729. The first-order chi connectivity index (χ1) is 13.6. The Labute approximate surface area is 166 Å². The van der Waals surface area contributed by atoms with E-state index in [0.717, 1.165) is 51.1 Å². The molecule has 152 valence electrons. The number of amides is 2. The van der Waals surface area contributed by atoms with Crippen LogP contribution in [-0.4, -0.2) is 41.2 Å². The number of phenolic OH excluding ortho intramolecular Hbond substituents is 1. The summed E-state index contributed by atoms with van der Waals surface area (Å²) in [6.45, 7) is 1.55. The first kappa shape index (κ1) is 19.1. The van der Waals surface area contributed by atoms with Crippen LogP contribution in [-0.2, 0) is 4.74 Å². The first-order valence-electron chi connectivity index (χ1n) is 10.7. The zero-order chi connectivity index (χ0) is 19.5. The maximum Gasteiger partial charge on any atom is 0.411 e. The Morgan fingerprint density at radius 2 is 1.71 bits per heavy atom. The van der Waals surface area contributed by atoms with Gasteiger partial charge >= 0.3 is 6.09 Å². The Kier molecular flexibility index (Phi) is 5.74. The summed E-state index contributed by atoms with van der Waals surface area (Å²) in [5, 5.41) is 13.0. The molecule has 6 nitrogen and oxygen atoms in total. The molecule has 3 aliphatic rings. The van der Waals surface area contributed by atoms with Crippen molar-refractivity contribution >= 4 is 17.7 Å². The van der Waals surface area contributed by atoms with Crippen LogP contribution in [0.2, 0.25) is 0 Å². The third-order valence-electron chi connectivity index (χ3n) is 6.63. The number of fused-ring (bicyclic) bond motifs is 1. The zero-order valence-electron chi connectivity index (χ0n) is 16.4. The molecule has 1 aromatic carbocycles. The van der Waals surface area contributed by atoms with Crippen molar-refractivity contribution in [2.75, 3.05) is 18.4 Å². The molecule has 2 aliphatic carbocycles. The quantitative estimate of drug-likeness (QED) is 0.800. The molecule has 1 saturated heterocycles. The molecule has 2 atom stereocenters. The molecule has 0 bridgehead atoms. The number of likely N-dealkylation sites (tertiary alicyclic amines) is 1. The minimum absolute atomic E-state index is 0.0165. The number of hydrogen-bond donors (Lipinski definition) is 2. The molecule has 28 heavy (non-hydrogen) atoms. The zero-order valence-corrected chi connectivity index (χ0v) is 16.4. The largest absolute Gasteiger partial charge is 0.507 e. The number of hydrogen-bond acceptors (Lipinski definition) is 4. The van der Waals surface area contributed by atoms with Crippen LogP contribution in [0.15, 0.2) is 18.2 Å². The number of aromatic hydroxyl groups is 1. The number of carbonyl (C=O) groups is 2. The minimum Gasteiger partial charge on any atom is -0.507 e. The van der Waals surface area contributed by atoms with Crippen molar-refractivity contribution in [2.45, 2.75) is 63.9 Å². The molecule has 1 aromatic rings. The molecule has 0 radical (unpaired) electrons. The molecule has 6 heteroatoms. The Morgan fingerprint density at radius 3 is 2.46 bits per heavy atom. The van der Waals surface area contributed by atoms with E-state index in [9.17, 15) is 14.7 Å². The highest BCUT2D eigenvalue weighted by molar-refractivity contribution is 5.98. The third-order valence-corrected chi connectivity index (χ3v) is 6.63. The summed E-state index contributed by atoms with van der Waals surface area (Å²) in [4.78, 5) is 26.8. The Hall–Kier alpha value is -2.24. The number of benzene rings is 1. The molecular formula is C22H30N2O4. The van der Waals surface area contributed by atoms with Crippen LogP contribution < -0.4 is 5.32 Å². The summed E-state index contributed by atoms with van der Waals surface area (Å²) in [7, 11) is 0. The summed E-state index contributed by atoms with van der Waals surface area (Å²) in [6.07, 6.45) is 9.58. The van der Waals surface area contributed by atoms with Crippen molar-refractivity contribution in [3.05, 3.63) is 23.8 Å². The van der Waals surface area contributed by atoms with Crippen LogP contribution in [0.4, 0.5) is 10.5 Å². The normalized spacial score (nSPS) is 25.2. The summed E-state index contributed by atoms with van der Waals surface area (Å²) in [6, 6.07) is 4.67. The minimum atomic E-state index is -0.509. The van der Waals surface area contributed by atoms with Gasteiger partial charge in [0.1, 0.15) is 11.9 Å². The monoisotopic (exact) mass is 386 g/mol. The lowest BCUT2D eigenvalue weighted by atomic mass is 9.75. The van der Waals surface area contributed by atoms with Gasteiger partial charge in [-0.3, -0.25) is 10.1 Å². The van der Waals surface area contributed by atoms with Gasteiger partial charge in [-0.1, -0.05) is 19.3 Å². The molecule has 4 rings (SSSR count). The van der Waals surface area contributed by atoms with Crippen LogP contribution in [0, 0.1) is 11.8 Å². The van der Waals surface area contributed by atoms with Crippen molar-refractivity contribution < 1.29 is 19.4 Å². The molecule has 2 unspecified atom stereocenters. The lowest BCUT2D eigenvalue weighted by Crippen LogP contribution is -2.44. The van der Waals surface area contributed by atoms with Crippen LogP contribution in [0.1, 0.15) is 68.1 Å². The van der Waals surface area contributed by atoms with E-state index >= 15 is 0 Å². The van der Waals surface area contributed by atoms with Gasteiger partial charge in [-0.25, -0.2) is 4.79 Å². The van der Waals surface area contributed by atoms with Gasteiger partial charge in [0.05, 0.1) is 5.56 Å². The van der Waals surface area contributed by atoms with Gasteiger partial charge in [0, 0.05) is 24.8 Å². The van der Waals surface area contributed by atoms with Gasteiger partial charge in [-0.15, -0.1) is 0 Å². The smallest absolute Gasteiger partial charge is 0.411 e. The van der Waals surface area contributed by atoms with Crippen molar-refractivity contribution in [2.24, 2.45) is 11.8 Å². The predicted molar refractivity (Wildman–Crippen MR) is 106 cm³/mol. The van der Waals surface area contributed by atoms with E-state index in [2.05, 4.69) is 5.32 Å². The number of anilines is 1. The summed E-state index contributed by atoms with van der Waals surface area (Å²) >= 11 is 0. The van der Waals surface area contributed by atoms with E-state index in [0.29, 0.717) is 17.2 Å². The topological polar surface area (TPSA) is 78.9 Å². The molecule has 1 aliphatic heterocycles. The van der Waals surface area contributed by atoms with Crippen molar-refractivity contribution in [3.8, 4) is 5.75 Å². The van der Waals surface area contributed by atoms with Crippen LogP contribution in [0.5, 0.6) is 5.75 Å². The van der Waals surface area contributed by atoms with Crippen molar-refractivity contribution in [3.63, 3.8) is 0 Å². The van der Waals surface area contributed by atoms with Crippen LogP contribution in [0.3, 0.4) is 0 Å². The summed E-state index contributed by atoms with van der Waals surface area (Å²) in [5.74, 6) is 1.12. The second kappa shape index (κ2) is 8.41. The summed E-state index contributed by atoms with van der Waals surface area (Å²) < 4.78 is 5.37. The molecular weight excluding hydrogens is 356 g/mol. The van der Waals surface area contributed by atoms with E-state index in [-0.39, 0.29) is 17.8 Å². The SMILES string of the molecule is O=C(Nc1ccc(C(=O)N2CCC3CCCCC3C2)c(O)c1)OC1CCCC1. The molecule has 2 amide bonds. The number of rotatable bonds is 3. The van der Waals surface area contributed by atoms with Crippen LogP contribution in [0.25, 0.3) is 0 Å². The fourth-order valence-corrected chi connectivity index (χ4v) is 5.05. The van der Waals surface area contributed by atoms with Crippen molar-refractivity contribution in [1.82, 2.24) is 4.90 Å². The molecule has 3 fully saturated rings. The molecule has 2 N–H and O–H groups in total. The average Bonchev–Trinajstić information content (AvgIpc) is 3.20. The Morgan fingerprint density at radius 1 is 1.00 bits per heavy atom. The van der Waals surface area contributed by atoms with E-state index < -0.39 is 6.09 Å². The maximum atomic E-state index is 12.9. The standard InChI is InChI=1S/C22H30N2O4/c25-20-13-17(23-22(27)28-18-7-3-4-8-18)9-10-19(20)21(26)24-12-11-15-5-1-2-6-16(15)14-24/h9-10,13,15-16,18,25H,1-8,11-12,14H2,(H,23,27). The number of carbonyl (C=O) groups excluding carboxylic acids is 2. The number of nitrogens with zero attached hydrogens (tertiary/aromatic N) is 1. The van der Waals surface area contributed by atoms with Crippen LogP contribution >= 0.6 is 0 Å². The van der Waals surface area contributed by atoms with E-state index in [1.54, 1.807) is 12.1 Å². The third kappa shape index (κ3) is 4.26. The Balaban J connectivity index is 1.37. The number of ether oxygens (including phenoxy) is 1. The number of phenols is 1. The van der Waals surface area contributed by atoms with E-state index in [1.165, 1.54) is 31.7 Å². The molecule has 0 aromatic heterocycles. The number of piperidine rings is 1. The van der Waals surface area contributed by atoms with Gasteiger partial charge in [-0.2, -0.15) is 0 Å². The first-order valence-corrected chi connectivity index (χ1v) is 10.7. The predicted octanol–water partition coefficient (Wildman–Crippen LogP) is 4.54. The average molecular weight is 386 g/mol. The maximum absolute atomic E-state index is 12.9. The summed E-state index contributed by atoms with van der Waals surface area (Å²) in [5.41, 5.74) is 0.729. The van der Waals surface area contributed by atoms with Gasteiger partial charge in [0.25, 0.3) is 5.91 Å². The van der Waals surface area contributed by atoms with Gasteiger partial charge in [-0.05, 0) is 62.5 Å². The highest BCUT2D eigenvalue weighted by Gasteiger charge is 2.33. The molecule has 2 saturated carbocycles. The van der Waals surface area contributed by atoms with E-state index in [1.807, 2.05) is 4.90 Å². The van der Waals surface area contributed by atoms with Crippen molar-refractivity contribution in [1.29, 1.82) is 0 Å². The second-order valence-corrected chi connectivity index (χ2v) is 8.51. The number of nitrogens with one attached hydrogen (secondary N) is 1. The fourth-order valence-electron chi connectivity index (χ4n) is 5.05.